The molecule has 20 heteroatoms. The Kier molecular flexibility index (Phi) is 35.0. The quantitative estimate of drug-likeness (QED) is 0.0231. The highest BCUT2D eigenvalue weighted by Gasteiger charge is 2.46. The van der Waals surface area contributed by atoms with Crippen LogP contribution in [0.25, 0.3) is 0 Å². The van der Waals surface area contributed by atoms with Crippen molar-refractivity contribution < 1.29 is 66.3 Å². The van der Waals surface area contributed by atoms with Gasteiger partial charge in [0.25, 0.3) is 0 Å². The summed E-state index contributed by atoms with van der Waals surface area (Å²) >= 11 is 0. The highest BCUT2D eigenvalue weighted by Crippen LogP contribution is 2.60. The summed E-state index contributed by atoms with van der Waals surface area (Å²) in [6, 6.07) is 1.25. The molecule has 0 amide bonds. The van der Waals surface area contributed by atoms with Gasteiger partial charge in [-0.25, -0.2) is 13.9 Å². The molecule has 2 rings (SSSR count). The average Bonchev–Trinajstić information content (AvgIpc) is 3.59. The van der Waals surface area contributed by atoms with Crippen molar-refractivity contribution in [2.24, 2.45) is 11.8 Å². The molecule has 0 bridgehead atoms. The summed E-state index contributed by atoms with van der Waals surface area (Å²) in [5.41, 5.74) is 4.60. The number of ether oxygens (including phenoxy) is 3. The van der Waals surface area contributed by atoms with Crippen LogP contribution in [-0.4, -0.2) is 85.7 Å². The number of carbonyl (C=O) groups is 2. The van der Waals surface area contributed by atoms with E-state index in [-0.39, 0.29) is 18.7 Å². The molecular weight excluding hydrogens is 957 g/mol. The van der Waals surface area contributed by atoms with Crippen molar-refractivity contribution in [2.45, 2.75) is 257 Å². The minimum absolute atomic E-state index is 0.0572. The predicted octanol–water partition coefficient (Wildman–Crippen LogP) is 11.6. The van der Waals surface area contributed by atoms with Gasteiger partial charge in [0.05, 0.1) is 13.2 Å². The number of unbranched alkanes of at least 4 members (excludes halogenated alkanes) is 24. The van der Waals surface area contributed by atoms with Gasteiger partial charge in [-0.2, -0.15) is 9.29 Å². The summed E-state index contributed by atoms with van der Waals surface area (Å²) in [6.45, 7) is 6.82. The Morgan fingerprint density at radius 2 is 1.13 bits per heavy atom. The third-order valence-corrected chi connectivity index (χ3v) is 15.8. The van der Waals surface area contributed by atoms with Crippen LogP contribution in [0.2, 0.25) is 0 Å². The summed E-state index contributed by atoms with van der Waals surface area (Å²) < 4.78 is 56.9. The van der Waals surface area contributed by atoms with E-state index in [0.717, 1.165) is 67.8 Å². The largest absolute Gasteiger partial charge is 0.481 e. The van der Waals surface area contributed by atoms with E-state index >= 15 is 0 Å². The van der Waals surface area contributed by atoms with Gasteiger partial charge in [0.2, 0.25) is 0 Å². The normalized spacial score (nSPS) is 19.6. The first-order valence-corrected chi connectivity index (χ1v) is 30.3. The highest BCUT2D eigenvalue weighted by atomic mass is 31.3. The minimum Gasteiger partial charge on any atom is -0.462 e. The van der Waals surface area contributed by atoms with Crippen LogP contribution in [0.4, 0.5) is 5.82 Å². The lowest BCUT2D eigenvalue weighted by molar-refractivity contribution is -0.161. The van der Waals surface area contributed by atoms with E-state index in [9.17, 15) is 43.5 Å². The highest BCUT2D eigenvalue weighted by molar-refractivity contribution is 7.61. The van der Waals surface area contributed by atoms with Gasteiger partial charge in [0, 0.05) is 19.0 Å². The first-order chi connectivity index (χ1) is 33.9. The molecule has 2 heterocycles. The van der Waals surface area contributed by atoms with E-state index in [1.165, 1.54) is 134 Å². The van der Waals surface area contributed by atoms with Crippen molar-refractivity contribution in [1.82, 2.24) is 9.55 Å². The van der Waals surface area contributed by atoms with E-state index < -0.39 is 83.7 Å². The number of carbonyl (C=O) groups excluding carboxylic acids is 2. The third kappa shape index (κ3) is 32.0. The smallest absolute Gasteiger partial charge is 0.462 e. The fourth-order valence-electron chi connectivity index (χ4n) is 8.54. The second kappa shape index (κ2) is 38.3. The SMILES string of the molecule is CCC(C)CCCCCCCCCCCCCCCCCCCCC(=O)O[C@H](COC(=O)CCCCCCCCCCC(C)C)COP(=O)(O)OP(=O)(O)OC[C@H]1O[C@@H](n2ccc(N)nc2=O)C(O)[C@H]1O. The van der Waals surface area contributed by atoms with Crippen LogP contribution in [0.5, 0.6) is 0 Å². The van der Waals surface area contributed by atoms with Crippen LogP contribution in [0.3, 0.4) is 0 Å². The third-order valence-electron chi connectivity index (χ3n) is 13.2. The van der Waals surface area contributed by atoms with Gasteiger partial charge in [0.1, 0.15) is 30.7 Å². The van der Waals surface area contributed by atoms with Crippen molar-refractivity contribution in [2.75, 3.05) is 25.6 Å². The number of aromatic nitrogens is 2. The fourth-order valence-corrected chi connectivity index (χ4v) is 10.6. The molecule has 0 radical (unpaired) electrons. The minimum atomic E-state index is -5.42. The molecule has 0 saturated carbocycles. The molecule has 0 spiro atoms. The Bertz CT molecular complexity index is 1720. The number of phosphoric acid groups is 2. The molecule has 1 aromatic heterocycles. The van der Waals surface area contributed by atoms with Gasteiger partial charge in [-0.05, 0) is 30.7 Å². The second-order valence-electron chi connectivity index (χ2n) is 20.2. The number of hydrogen-bond acceptors (Lipinski definition) is 15. The average molecular weight is 1050 g/mol. The van der Waals surface area contributed by atoms with Crippen LogP contribution in [0, 0.1) is 11.8 Å². The lowest BCUT2D eigenvalue weighted by Crippen LogP contribution is -2.36. The Labute approximate surface area is 425 Å². The van der Waals surface area contributed by atoms with E-state index in [1.807, 2.05) is 0 Å². The van der Waals surface area contributed by atoms with Gasteiger partial charge >= 0.3 is 33.3 Å². The zero-order chi connectivity index (χ0) is 52.3. The molecule has 1 saturated heterocycles. The van der Waals surface area contributed by atoms with Crippen LogP contribution in [0.15, 0.2) is 17.1 Å². The molecule has 71 heavy (non-hydrogen) atoms. The molecule has 18 nitrogen and oxygen atoms in total. The van der Waals surface area contributed by atoms with Crippen molar-refractivity contribution in [3.8, 4) is 0 Å². The number of nitrogens with zero attached hydrogens (tertiary/aromatic N) is 2. The fraction of sp³-hybridized carbons (Fsp3) is 0.882. The number of hydrogen-bond donors (Lipinski definition) is 5. The zero-order valence-electron chi connectivity index (χ0n) is 43.9. The zero-order valence-corrected chi connectivity index (χ0v) is 45.7. The van der Waals surface area contributed by atoms with Gasteiger partial charge in [-0.1, -0.05) is 201 Å². The van der Waals surface area contributed by atoms with Gasteiger partial charge in [-0.3, -0.25) is 23.2 Å². The lowest BCUT2D eigenvalue weighted by Gasteiger charge is -2.21. The number of nitrogens with two attached hydrogens (primary N) is 1. The van der Waals surface area contributed by atoms with Crippen molar-refractivity contribution in [3.63, 3.8) is 0 Å². The maximum absolute atomic E-state index is 12.9. The standard InChI is InChI=1S/C51H95N3O15P2/c1-5-42(4)33-29-25-21-16-14-12-10-8-6-7-9-11-13-15-17-23-27-31-35-47(56)67-43(38-64-46(55)34-30-26-22-19-18-20-24-28-32-41(2)3)39-65-70(60,61)69-71(62,63)66-40-44-48(57)49(58)50(68-44)54-37-36-45(52)53-51(54)59/h36-37,41-44,48-50,57-58H,5-35,38-40H2,1-4H3,(H,60,61)(H,62,63)(H2,52,53,59)/t42?,43-,44-,48+,49?,50-/m1/s1. The van der Waals surface area contributed by atoms with Crippen LogP contribution in [-0.2, 0) is 46.3 Å². The monoisotopic (exact) mass is 1050 g/mol. The number of anilines is 1. The number of phosphoric ester groups is 2. The summed E-state index contributed by atoms with van der Waals surface area (Å²) in [4.78, 5) is 61.9. The van der Waals surface area contributed by atoms with Crippen molar-refractivity contribution in [3.05, 3.63) is 22.7 Å². The van der Waals surface area contributed by atoms with Crippen LogP contribution >= 0.6 is 15.6 Å². The van der Waals surface area contributed by atoms with Gasteiger partial charge in [0.15, 0.2) is 12.3 Å². The van der Waals surface area contributed by atoms with Gasteiger partial charge in [-0.15, -0.1) is 0 Å². The maximum atomic E-state index is 12.9. The van der Waals surface area contributed by atoms with E-state index in [1.54, 1.807) is 0 Å². The first-order valence-electron chi connectivity index (χ1n) is 27.3. The van der Waals surface area contributed by atoms with Gasteiger partial charge < -0.3 is 39.9 Å². The molecule has 0 aliphatic carbocycles. The number of rotatable bonds is 45. The predicted molar refractivity (Wildman–Crippen MR) is 275 cm³/mol. The van der Waals surface area contributed by atoms with Crippen LogP contribution in [0.1, 0.15) is 233 Å². The lowest BCUT2D eigenvalue weighted by atomic mass is 9.99. The summed E-state index contributed by atoms with van der Waals surface area (Å²) in [5.74, 6) is 0.315. The molecule has 1 fully saturated rings. The Morgan fingerprint density at radius 1 is 0.676 bits per heavy atom. The number of aliphatic hydroxyl groups excluding tert-OH is 2. The Balaban J connectivity index is 1.73. The molecule has 1 aliphatic heterocycles. The molecule has 8 atom stereocenters. The molecule has 1 aromatic rings. The van der Waals surface area contributed by atoms with Crippen molar-refractivity contribution >= 4 is 33.4 Å². The number of esters is 2. The molecular formula is C51H95N3O15P2. The molecule has 414 valence electrons. The van der Waals surface area contributed by atoms with E-state index in [4.69, 9.17) is 29.0 Å². The molecule has 4 unspecified atom stereocenters. The number of aliphatic hydroxyl groups is 2. The van der Waals surface area contributed by atoms with Crippen LogP contribution < -0.4 is 11.4 Å². The topological polar surface area (TPSA) is 265 Å². The molecule has 1 aliphatic rings. The first kappa shape index (κ1) is 64.9. The summed E-state index contributed by atoms with van der Waals surface area (Å²) in [5, 5.41) is 20.9. The Hall–Kier alpha value is -2.24. The number of nitrogen functional groups attached to an aromatic ring is 1. The summed E-state index contributed by atoms with van der Waals surface area (Å²) in [7, 11) is -10.8. The van der Waals surface area contributed by atoms with Crippen molar-refractivity contribution in [1.29, 1.82) is 0 Å². The van der Waals surface area contributed by atoms with E-state index in [0.29, 0.717) is 12.8 Å². The molecule has 6 N–H and O–H groups in total. The van der Waals surface area contributed by atoms with E-state index in [2.05, 4.69) is 37.0 Å². The second-order valence-corrected chi connectivity index (χ2v) is 23.2. The summed E-state index contributed by atoms with van der Waals surface area (Å²) in [6.07, 6.45) is 27.7. The maximum Gasteiger partial charge on any atom is 0.481 e. The Morgan fingerprint density at radius 3 is 1.61 bits per heavy atom. The molecule has 0 aromatic carbocycles.